The summed E-state index contributed by atoms with van der Waals surface area (Å²) < 4.78 is 8.16. The SMILES string of the molecule is COCCn1c(=O)[nH]c(=O)c2c1ncn2Cc1ccccc1. The van der Waals surface area contributed by atoms with Gasteiger partial charge in [-0.05, 0) is 5.56 Å². The Bertz CT molecular complexity index is 893. The van der Waals surface area contributed by atoms with E-state index in [0.29, 0.717) is 30.9 Å². The molecule has 0 spiro atoms. The van der Waals surface area contributed by atoms with Gasteiger partial charge in [0.05, 0.1) is 19.5 Å². The van der Waals surface area contributed by atoms with Gasteiger partial charge in [0.1, 0.15) is 0 Å². The number of hydrogen-bond acceptors (Lipinski definition) is 4. The Kier molecular flexibility index (Phi) is 3.88. The summed E-state index contributed by atoms with van der Waals surface area (Å²) in [6.07, 6.45) is 1.58. The predicted molar refractivity (Wildman–Crippen MR) is 82.0 cm³/mol. The van der Waals surface area contributed by atoms with Crippen LogP contribution in [-0.4, -0.2) is 32.8 Å². The second-order valence-electron chi connectivity index (χ2n) is 4.93. The average molecular weight is 300 g/mol. The van der Waals surface area contributed by atoms with Gasteiger partial charge in [-0.2, -0.15) is 0 Å². The molecule has 7 heteroatoms. The molecular weight excluding hydrogens is 284 g/mol. The molecule has 0 unspecified atom stereocenters. The van der Waals surface area contributed by atoms with Crippen LogP contribution in [0.3, 0.4) is 0 Å². The number of nitrogens with one attached hydrogen (secondary N) is 1. The molecular formula is C15H16N4O3. The summed E-state index contributed by atoms with van der Waals surface area (Å²) in [5.41, 5.74) is 0.915. The van der Waals surface area contributed by atoms with Crippen molar-refractivity contribution in [3.05, 3.63) is 63.1 Å². The maximum absolute atomic E-state index is 12.1. The number of imidazole rings is 1. The van der Waals surface area contributed by atoms with E-state index in [1.165, 1.54) is 4.57 Å². The van der Waals surface area contributed by atoms with Gasteiger partial charge in [-0.3, -0.25) is 14.3 Å². The van der Waals surface area contributed by atoms with Crippen molar-refractivity contribution in [3.8, 4) is 0 Å². The third-order valence-corrected chi connectivity index (χ3v) is 3.47. The number of nitrogens with zero attached hydrogens (tertiary/aromatic N) is 3. The zero-order valence-corrected chi connectivity index (χ0v) is 12.2. The van der Waals surface area contributed by atoms with E-state index < -0.39 is 11.2 Å². The lowest BCUT2D eigenvalue weighted by atomic mass is 10.2. The number of fused-ring (bicyclic) bond motifs is 1. The molecule has 1 N–H and O–H groups in total. The van der Waals surface area contributed by atoms with Crippen molar-refractivity contribution in [2.24, 2.45) is 0 Å². The number of H-pyrrole nitrogens is 1. The molecule has 2 heterocycles. The zero-order valence-electron chi connectivity index (χ0n) is 12.2. The largest absolute Gasteiger partial charge is 0.383 e. The predicted octanol–water partition coefficient (Wildman–Crippen LogP) is 0.581. The van der Waals surface area contributed by atoms with Crippen LogP contribution in [0.2, 0.25) is 0 Å². The lowest BCUT2D eigenvalue weighted by molar-refractivity contribution is 0.187. The number of aromatic nitrogens is 4. The Balaban J connectivity index is 2.10. The van der Waals surface area contributed by atoms with Crippen LogP contribution < -0.4 is 11.2 Å². The lowest BCUT2D eigenvalue weighted by Crippen LogP contribution is -2.32. The quantitative estimate of drug-likeness (QED) is 0.747. The Labute approximate surface area is 125 Å². The molecule has 0 fully saturated rings. The molecule has 2 aromatic heterocycles. The van der Waals surface area contributed by atoms with Crippen LogP contribution in [-0.2, 0) is 17.8 Å². The first-order valence-electron chi connectivity index (χ1n) is 6.91. The summed E-state index contributed by atoms with van der Waals surface area (Å²) in [6.45, 7) is 1.22. The van der Waals surface area contributed by atoms with Crippen LogP contribution in [0, 0.1) is 0 Å². The summed E-state index contributed by atoms with van der Waals surface area (Å²) in [7, 11) is 1.56. The highest BCUT2D eigenvalue weighted by molar-refractivity contribution is 5.70. The van der Waals surface area contributed by atoms with Gasteiger partial charge in [0, 0.05) is 13.7 Å². The molecule has 3 aromatic rings. The average Bonchev–Trinajstić information content (AvgIpc) is 2.92. The third kappa shape index (κ3) is 2.58. The van der Waals surface area contributed by atoms with Crippen LogP contribution in [0.25, 0.3) is 11.2 Å². The maximum atomic E-state index is 12.1. The summed E-state index contributed by atoms with van der Waals surface area (Å²) >= 11 is 0. The fourth-order valence-corrected chi connectivity index (χ4v) is 2.41. The van der Waals surface area contributed by atoms with Crippen LogP contribution in [0.4, 0.5) is 0 Å². The standard InChI is InChI=1S/C15H16N4O3/c1-22-8-7-19-13-12(14(20)17-15(19)21)18(10-16-13)9-11-5-3-2-4-6-11/h2-6,10H,7-9H2,1H3,(H,17,20,21). The first kappa shape index (κ1) is 14.3. The van der Waals surface area contributed by atoms with Crippen molar-refractivity contribution in [1.82, 2.24) is 19.1 Å². The molecule has 0 atom stereocenters. The highest BCUT2D eigenvalue weighted by Crippen LogP contribution is 2.09. The summed E-state index contributed by atoms with van der Waals surface area (Å²) in [5, 5.41) is 0. The van der Waals surface area contributed by atoms with Gasteiger partial charge in [0.15, 0.2) is 11.2 Å². The molecule has 0 bridgehead atoms. The number of methoxy groups -OCH3 is 1. The van der Waals surface area contributed by atoms with E-state index >= 15 is 0 Å². The van der Waals surface area contributed by atoms with Gasteiger partial charge < -0.3 is 9.30 Å². The summed E-state index contributed by atoms with van der Waals surface area (Å²) in [4.78, 5) is 30.6. The molecule has 3 rings (SSSR count). The summed E-state index contributed by atoms with van der Waals surface area (Å²) in [6, 6.07) is 9.76. The molecule has 0 amide bonds. The van der Waals surface area contributed by atoms with Crippen LogP contribution in [0.1, 0.15) is 5.56 Å². The number of benzene rings is 1. The number of rotatable bonds is 5. The molecule has 0 saturated heterocycles. The van der Waals surface area contributed by atoms with E-state index in [1.54, 1.807) is 18.0 Å². The highest BCUT2D eigenvalue weighted by Gasteiger charge is 2.13. The molecule has 22 heavy (non-hydrogen) atoms. The van der Waals surface area contributed by atoms with Gasteiger partial charge >= 0.3 is 5.69 Å². The van der Waals surface area contributed by atoms with E-state index in [1.807, 2.05) is 30.3 Å². The topological polar surface area (TPSA) is 81.9 Å². The van der Waals surface area contributed by atoms with Crippen LogP contribution in [0.15, 0.2) is 46.2 Å². The van der Waals surface area contributed by atoms with Crippen LogP contribution >= 0.6 is 0 Å². The van der Waals surface area contributed by atoms with Crippen LogP contribution in [0.5, 0.6) is 0 Å². The van der Waals surface area contributed by atoms with Crippen molar-refractivity contribution >= 4 is 11.2 Å². The molecule has 0 aliphatic rings. The Hall–Kier alpha value is -2.67. The Morgan fingerprint density at radius 3 is 2.73 bits per heavy atom. The molecule has 0 radical (unpaired) electrons. The number of ether oxygens (including phenoxy) is 1. The van der Waals surface area contributed by atoms with Gasteiger partial charge in [0.25, 0.3) is 5.56 Å². The van der Waals surface area contributed by atoms with Crippen molar-refractivity contribution in [2.75, 3.05) is 13.7 Å². The van der Waals surface area contributed by atoms with E-state index in [2.05, 4.69) is 9.97 Å². The lowest BCUT2D eigenvalue weighted by Gasteiger charge is -2.07. The first-order valence-corrected chi connectivity index (χ1v) is 6.91. The van der Waals surface area contributed by atoms with Gasteiger partial charge in [-0.25, -0.2) is 9.78 Å². The minimum atomic E-state index is -0.473. The maximum Gasteiger partial charge on any atom is 0.330 e. The number of aromatic amines is 1. The van der Waals surface area contributed by atoms with Crippen molar-refractivity contribution in [3.63, 3.8) is 0 Å². The smallest absolute Gasteiger partial charge is 0.330 e. The Morgan fingerprint density at radius 2 is 2.00 bits per heavy atom. The van der Waals surface area contributed by atoms with E-state index in [4.69, 9.17) is 4.74 Å². The van der Waals surface area contributed by atoms with Gasteiger partial charge in [-0.15, -0.1) is 0 Å². The first-order chi connectivity index (χ1) is 10.7. The number of hydrogen-bond donors (Lipinski definition) is 1. The molecule has 1 aromatic carbocycles. The zero-order chi connectivity index (χ0) is 15.5. The third-order valence-electron chi connectivity index (χ3n) is 3.47. The van der Waals surface area contributed by atoms with E-state index in [9.17, 15) is 9.59 Å². The molecule has 0 saturated carbocycles. The molecule has 7 nitrogen and oxygen atoms in total. The van der Waals surface area contributed by atoms with Gasteiger partial charge in [-0.1, -0.05) is 30.3 Å². The minimum Gasteiger partial charge on any atom is -0.383 e. The monoisotopic (exact) mass is 300 g/mol. The van der Waals surface area contributed by atoms with Crippen molar-refractivity contribution in [1.29, 1.82) is 0 Å². The minimum absolute atomic E-state index is 0.338. The second-order valence-corrected chi connectivity index (χ2v) is 4.93. The fourth-order valence-electron chi connectivity index (χ4n) is 2.41. The highest BCUT2D eigenvalue weighted by atomic mass is 16.5. The Morgan fingerprint density at radius 1 is 1.23 bits per heavy atom. The fraction of sp³-hybridized carbons (Fsp3) is 0.267. The van der Waals surface area contributed by atoms with E-state index in [0.717, 1.165) is 5.56 Å². The molecule has 0 aliphatic carbocycles. The summed E-state index contributed by atoms with van der Waals surface area (Å²) in [5.74, 6) is 0. The van der Waals surface area contributed by atoms with Crippen molar-refractivity contribution in [2.45, 2.75) is 13.1 Å². The van der Waals surface area contributed by atoms with Crippen molar-refractivity contribution < 1.29 is 4.74 Å². The second kappa shape index (κ2) is 5.98. The van der Waals surface area contributed by atoms with E-state index in [-0.39, 0.29) is 0 Å². The molecule has 114 valence electrons. The normalized spacial score (nSPS) is 11.1. The van der Waals surface area contributed by atoms with Gasteiger partial charge in [0.2, 0.25) is 0 Å². The molecule has 0 aliphatic heterocycles.